The van der Waals surface area contributed by atoms with Gasteiger partial charge in [-0.2, -0.15) is 9.07 Å². The Morgan fingerprint density at radius 2 is 2.00 bits per heavy atom. The van der Waals surface area contributed by atoms with Crippen molar-refractivity contribution in [3.63, 3.8) is 0 Å². The topological polar surface area (TPSA) is 133 Å². The Morgan fingerprint density at radius 1 is 1.16 bits per heavy atom. The summed E-state index contributed by atoms with van der Waals surface area (Å²) in [5, 5.41) is 10.9. The summed E-state index contributed by atoms with van der Waals surface area (Å²) in [4.78, 5) is 24.4. The predicted molar refractivity (Wildman–Crippen MR) is 132 cm³/mol. The monoisotopic (exact) mass is 519 g/mol. The number of aromatic amines is 1. The Hall–Kier alpha value is -4.71. The summed E-state index contributed by atoms with van der Waals surface area (Å²) in [6.07, 6.45) is 3.02. The van der Waals surface area contributed by atoms with Crippen molar-refractivity contribution >= 4 is 23.0 Å². The Bertz CT molecular complexity index is 1740. The molecule has 0 aliphatic carbocycles. The number of anilines is 1. The lowest BCUT2D eigenvalue weighted by molar-refractivity contribution is 0.555. The van der Waals surface area contributed by atoms with Gasteiger partial charge in [-0.3, -0.25) is 9.36 Å². The zero-order valence-electron chi connectivity index (χ0n) is 18.9. The molecule has 5 heterocycles. The molecule has 0 amide bonds. The molecular weight excluding hydrogens is 504 g/mol. The maximum absolute atomic E-state index is 15.3. The van der Waals surface area contributed by atoms with Crippen molar-refractivity contribution in [1.82, 2.24) is 39.7 Å². The molecule has 4 aromatic heterocycles. The van der Waals surface area contributed by atoms with E-state index in [4.69, 9.17) is 17.3 Å². The molecule has 1 aliphatic heterocycles. The van der Waals surface area contributed by atoms with Crippen LogP contribution in [-0.4, -0.2) is 39.7 Å². The Kier molecular flexibility index (Phi) is 5.19. The van der Waals surface area contributed by atoms with Gasteiger partial charge in [0.25, 0.3) is 5.56 Å². The number of tetrazole rings is 1. The molecule has 0 saturated heterocycles. The molecule has 1 aromatic carbocycles. The van der Waals surface area contributed by atoms with Crippen molar-refractivity contribution in [1.29, 1.82) is 0 Å². The fourth-order valence-corrected chi connectivity index (χ4v) is 4.66. The van der Waals surface area contributed by atoms with Gasteiger partial charge in [-0.1, -0.05) is 18.2 Å². The van der Waals surface area contributed by atoms with Crippen LogP contribution in [0.25, 0.3) is 33.6 Å². The number of nitrogens with two attached hydrogens (primary N) is 1. The highest BCUT2D eigenvalue weighted by atomic mass is 35.5. The summed E-state index contributed by atoms with van der Waals surface area (Å²) in [6, 6.07) is 8.36. The quantitative estimate of drug-likeness (QED) is 0.369. The number of imidazole rings is 1. The van der Waals surface area contributed by atoms with Gasteiger partial charge in [0.15, 0.2) is 5.82 Å². The first-order valence-electron chi connectivity index (χ1n) is 11.0. The number of fused-ring (bicyclic) bond motifs is 1. The largest absolute Gasteiger partial charge is 0.384 e. The lowest BCUT2D eigenvalue weighted by Gasteiger charge is -2.15. The summed E-state index contributed by atoms with van der Waals surface area (Å²) < 4.78 is 32.8. The number of rotatable bonds is 4. The van der Waals surface area contributed by atoms with E-state index in [2.05, 4.69) is 37.1 Å². The van der Waals surface area contributed by atoms with E-state index in [0.29, 0.717) is 34.8 Å². The Balaban J connectivity index is 1.47. The summed E-state index contributed by atoms with van der Waals surface area (Å²) >= 11 is 6.07. The molecule has 1 atom stereocenters. The standard InChI is InChI=1S/C24H16ClF2N9O/c1-11-6-17(24-31-22(23(27)32-24)12-2-5-18(28)29-9-12)36-16(11)7-13(8-19(36)37)20-15(35-10-30-33-34-35)4-3-14(25)21(20)26/h2-5,7-10,17H,1,6H2,(H2,28,29)(H,31,32). The summed E-state index contributed by atoms with van der Waals surface area (Å²) in [5.41, 5.74) is 7.33. The average molecular weight is 520 g/mol. The molecule has 0 radical (unpaired) electrons. The van der Waals surface area contributed by atoms with Crippen molar-refractivity contribution in [3.05, 3.63) is 94.2 Å². The van der Waals surface area contributed by atoms with Gasteiger partial charge in [0.2, 0.25) is 5.95 Å². The number of hydrogen-bond acceptors (Lipinski definition) is 7. The minimum Gasteiger partial charge on any atom is -0.384 e. The second-order valence-electron chi connectivity index (χ2n) is 8.43. The SMILES string of the molecule is C=C1CC(c2nc(-c3ccc(N)nc3)c(F)[nH]2)n2c1cc(-c1c(-n3cnnn3)ccc(Cl)c1F)cc2=O. The van der Waals surface area contributed by atoms with Gasteiger partial charge >= 0.3 is 0 Å². The van der Waals surface area contributed by atoms with Crippen molar-refractivity contribution in [3.8, 4) is 28.1 Å². The maximum atomic E-state index is 15.3. The predicted octanol–water partition coefficient (Wildman–Crippen LogP) is 3.80. The van der Waals surface area contributed by atoms with Crippen molar-refractivity contribution in [2.75, 3.05) is 5.73 Å². The van der Waals surface area contributed by atoms with E-state index < -0.39 is 23.4 Å². The van der Waals surface area contributed by atoms with Crippen LogP contribution in [0.2, 0.25) is 5.02 Å². The van der Waals surface area contributed by atoms with Gasteiger partial charge in [0, 0.05) is 35.5 Å². The third-order valence-electron chi connectivity index (χ3n) is 6.19. The van der Waals surface area contributed by atoms with E-state index in [1.54, 1.807) is 24.3 Å². The Labute approximate surface area is 212 Å². The fourth-order valence-electron chi connectivity index (χ4n) is 4.51. The number of halogens is 3. The first-order valence-corrected chi connectivity index (χ1v) is 11.3. The third-order valence-corrected chi connectivity index (χ3v) is 6.48. The smallest absolute Gasteiger partial charge is 0.252 e. The number of nitrogens with zero attached hydrogens (tertiary/aromatic N) is 7. The lowest BCUT2D eigenvalue weighted by Crippen LogP contribution is -2.24. The fraction of sp³-hybridized carbons (Fsp3) is 0.0833. The second-order valence-corrected chi connectivity index (χ2v) is 8.83. The van der Waals surface area contributed by atoms with E-state index in [1.165, 1.54) is 33.9 Å². The van der Waals surface area contributed by atoms with Gasteiger partial charge < -0.3 is 10.7 Å². The van der Waals surface area contributed by atoms with Crippen molar-refractivity contribution in [2.45, 2.75) is 12.5 Å². The van der Waals surface area contributed by atoms with Crippen LogP contribution in [0.3, 0.4) is 0 Å². The number of pyridine rings is 2. The van der Waals surface area contributed by atoms with Crippen LogP contribution in [0.1, 0.15) is 24.0 Å². The van der Waals surface area contributed by atoms with E-state index >= 15 is 4.39 Å². The molecule has 6 rings (SSSR count). The zero-order valence-corrected chi connectivity index (χ0v) is 19.6. The highest BCUT2D eigenvalue weighted by Gasteiger charge is 2.32. The molecule has 184 valence electrons. The van der Waals surface area contributed by atoms with E-state index in [0.717, 1.165) is 0 Å². The summed E-state index contributed by atoms with van der Waals surface area (Å²) in [5.74, 6) is -0.864. The molecule has 3 N–H and O–H groups in total. The van der Waals surface area contributed by atoms with Crippen LogP contribution < -0.4 is 11.3 Å². The number of nitrogens with one attached hydrogen (secondary N) is 1. The normalized spacial score (nSPS) is 14.8. The molecule has 5 aromatic rings. The molecule has 13 heteroatoms. The highest BCUT2D eigenvalue weighted by Crippen LogP contribution is 2.40. The molecule has 1 unspecified atom stereocenters. The first kappa shape index (κ1) is 22.7. The molecule has 10 nitrogen and oxygen atoms in total. The van der Waals surface area contributed by atoms with Crippen LogP contribution in [0.15, 0.2) is 60.3 Å². The van der Waals surface area contributed by atoms with Crippen LogP contribution in [0.4, 0.5) is 14.6 Å². The van der Waals surface area contributed by atoms with Crippen LogP contribution >= 0.6 is 11.6 Å². The molecule has 0 bridgehead atoms. The molecule has 37 heavy (non-hydrogen) atoms. The lowest BCUT2D eigenvalue weighted by atomic mass is 10.0. The van der Waals surface area contributed by atoms with Gasteiger partial charge in [-0.05, 0) is 51.9 Å². The van der Waals surface area contributed by atoms with Gasteiger partial charge in [0.1, 0.15) is 23.7 Å². The number of hydrogen-bond donors (Lipinski definition) is 2. The van der Waals surface area contributed by atoms with Crippen LogP contribution in [0, 0.1) is 11.8 Å². The molecule has 0 saturated carbocycles. The van der Waals surface area contributed by atoms with E-state index in [9.17, 15) is 9.18 Å². The number of aromatic nitrogens is 8. The second kappa shape index (κ2) is 8.45. The van der Waals surface area contributed by atoms with Gasteiger partial charge in [0.05, 0.1) is 16.8 Å². The van der Waals surface area contributed by atoms with E-state index in [1.807, 2.05) is 0 Å². The van der Waals surface area contributed by atoms with E-state index in [-0.39, 0.29) is 27.7 Å². The van der Waals surface area contributed by atoms with Crippen LogP contribution in [-0.2, 0) is 0 Å². The molecular formula is C24H16ClF2N9O. The first-order chi connectivity index (χ1) is 17.8. The number of allylic oxidation sites excluding steroid dienone is 1. The van der Waals surface area contributed by atoms with Gasteiger partial charge in [-0.25, -0.2) is 14.4 Å². The minimum atomic E-state index is -0.728. The molecule has 1 aliphatic rings. The minimum absolute atomic E-state index is 0.0540. The Morgan fingerprint density at radius 3 is 2.73 bits per heavy atom. The maximum Gasteiger partial charge on any atom is 0.252 e. The zero-order chi connectivity index (χ0) is 25.8. The molecule has 0 spiro atoms. The van der Waals surface area contributed by atoms with Gasteiger partial charge in [-0.15, -0.1) is 5.10 Å². The summed E-state index contributed by atoms with van der Waals surface area (Å²) in [7, 11) is 0. The van der Waals surface area contributed by atoms with Crippen LogP contribution in [0.5, 0.6) is 0 Å². The summed E-state index contributed by atoms with van der Waals surface area (Å²) in [6.45, 7) is 4.08. The average Bonchev–Trinajstić information content (AvgIpc) is 3.61. The molecule has 0 fully saturated rings. The van der Waals surface area contributed by atoms with Crippen molar-refractivity contribution in [2.24, 2.45) is 0 Å². The number of benzene rings is 1. The van der Waals surface area contributed by atoms with Crippen molar-refractivity contribution < 1.29 is 8.78 Å². The third kappa shape index (κ3) is 3.69. The number of H-pyrrole nitrogens is 1. The number of nitrogen functional groups attached to an aromatic ring is 1. The highest BCUT2D eigenvalue weighted by molar-refractivity contribution is 6.31.